The van der Waals surface area contributed by atoms with Crippen molar-refractivity contribution < 1.29 is 9.72 Å². The molecule has 0 aliphatic carbocycles. The van der Waals surface area contributed by atoms with Gasteiger partial charge in [-0.15, -0.1) is 0 Å². The van der Waals surface area contributed by atoms with Gasteiger partial charge in [0, 0.05) is 35.7 Å². The number of nitro groups is 1. The normalized spacial score (nSPS) is 12.7. The summed E-state index contributed by atoms with van der Waals surface area (Å²) in [7, 11) is 0. The number of amides is 1. The molecule has 0 N–H and O–H groups in total. The van der Waals surface area contributed by atoms with Gasteiger partial charge in [0.1, 0.15) is 5.82 Å². The molecule has 8 heteroatoms. The first-order valence-electron chi connectivity index (χ1n) is 9.86. The molecule has 0 unspecified atom stereocenters. The Morgan fingerprint density at radius 3 is 2.48 bits per heavy atom. The van der Waals surface area contributed by atoms with Gasteiger partial charge in [0.25, 0.3) is 11.6 Å². The summed E-state index contributed by atoms with van der Waals surface area (Å²) in [6.07, 6.45) is 3.90. The molecule has 0 saturated carbocycles. The van der Waals surface area contributed by atoms with Crippen molar-refractivity contribution in [1.29, 1.82) is 0 Å². The number of aryl methyl sites for hydroxylation is 1. The lowest BCUT2D eigenvalue weighted by Gasteiger charge is -2.17. The average molecular weight is 413 g/mol. The lowest BCUT2D eigenvalue weighted by atomic mass is 10.2. The zero-order chi connectivity index (χ0) is 21.5. The van der Waals surface area contributed by atoms with Crippen LogP contribution in [-0.4, -0.2) is 30.1 Å². The highest BCUT2D eigenvalue weighted by molar-refractivity contribution is 5.95. The monoisotopic (exact) mass is 413 g/mol. The molecular weight excluding hydrogens is 394 g/mol. The minimum absolute atomic E-state index is 0.0969. The van der Waals surface area contributed by atoms with Crippen LogP contribution in [0.25, 0.3) is 11.5 Å². The van der Waals surface area contributed by atoms with Crippen LogP contribution < -0.4 is 0 Å². The molecule has 2 aromatic heterocycles. The number of hydrogen-bond donors (Lipinski definition) is 0. The Kier molecular flexibility index (Phi) is 4.39. The number of fused-ring (bicyclic) bond motifs is 1. The van der Waals surface area contributed by atoms with E-state index in [4.69, 9.17) is 5.10 Å². The van der Waals surface area contributed by atoms with E-state index in [2.05, 4.69) is 0 Å². The third-order valence-electron chi connectivity index (χ3n) is 5.45. The standard InChI is InChI=1S/C23H19N5O3/c1-16-7-9-18(10-8-16)27-22(25-11-2-3-12-25)20-14-26(15-21(20)24-27)23(29)17-5-4-6-19(13-17)28(30)31/h2-13H,14-15H2,1H3. The van der Waals surface area contributed by atoms with Crippen molar-refractivity contribution in [2.24, 2.45) is 0 Å². The molecule has 1 amide bonds. The van der Waals surface area contributed by atoms with Gasteiger partial charge in [0.2, 0.25) is 0 Å². The quantitative estimate of drug-likeness (QED) is 0.373. The van der Waals surface area contributed by atoms with Gasteiger partial charge in [0.05, 0.1) is 29.4 Å². The number of hydrogen-bond acceptors (Lipinski definition) is 4. The first-order valence-corrected chi connectivity index (χ1v) is 9.86. The van der Waals surface area contributed by atoms with Crippen molar-refractivity contribution >= 4 is 11.6 Å². The molecule has 0 fully saturated rings. The van der Waals surface area contributed by atoms with E-state index in [9.17, 15) is 14.9 Å². The molecule has 5 rings (SSSR count). The Morgan fingerprint density at radius 1 is 1.03 bits per heavy atom. The molecule has 1 aliphatic rings. The second-order valence-corrected chi connectivity index (χ2v) is 7.56. The van der Waals surface area contributed by atoms with Crippen LogP contribution in [0.3, 0.4) is 0 Å². The van der Waals surface area contributed by atoms with Crippen molar-refractivity contribution in [3.05, 3.63) is 106 Å². The smallest absolute Gasteiger partial charge is 0.270 e. The van der Waals surface area contributed by atoms with Crippen LogP contribution in [0.1, 0.15) is 27.2 Å². The Labute approximate surface area is 178 Å². The van der Waals surface area contributed by atoms with Crippen LogP contribution in [0, 0.1) is 17.0 Å². The van der Waals surface area contributed by atoms with Crippen LogP contribution in [0.4, 0.5) is 5.69 Å². The fourth-order valence-electron chi connectivity index (χ4n) is 3.89. The molecule has 8 nitrogen and oxygen atoms in total. The maximum Gasteiger partial charge on any atom is 0.270 e. The summed E-state index contributed by atoms with van der Waals surface area (Å²) in [5, 5.41) is 15.9. The molecule has 4 aromatic rings. The van der Waals surface area contributed by atoms with E-state index in [0.29, 0.717) is 18.7 Å². The third kappa shape index (κ3) is 3.28. The number of carbonyl (C=O) groups is 1. The van der Waals surface area contributed by atoms with Crippen LogP contribution >= 0.6 is 0 Å². The first kappa shape index (κ1) is 18.8. The van der Waals surface area contributed by atoms with Crippen molar-refractivity contribution in [1.82, 2.24) is 19.2 Å². The zero-order valence-corrected chi connectivity index (χ0v) is 16.8. The van der Waals surface area contributed by atoms with E-state index in [0.717, 1.165) is 22.8 Å². The van der Waals surface area contributed by atoms with Gasteiger partial charge in [-0.3, -0.25) is 14.9 Å². The predicted molar refractivity (Wildman–Crippen MR) is 114 cm³/mol. The number of non-ortho nitro benzene ring substituents is 1. The van der Waals surface area contributed by atoms with Gasteiger partial charge in [-0.05, 0) is 37.3 Å². The number of benzene rings is 2. The van der Waals surface area contributed by atoms with Gasteiger partial charge in [-0.2, -0.15) is 5.10 Å². The molecule has 0 atom stereocenters. The SMILES string of the molecule is Cc1ccc(-n2nc3c(c2-n2cccc2)CN(C(=O)c2cccc([N+](=O)[O-])c2)C3)cc1. The summed E-state index contributed by atoms with van der Waals surface area (Å²) in [5.41, 5.74) is 4.10. The molecule has 0 saturated heterocycles. The van der Waals surface area contributed by atoms with Gasteiger partial charge < -0.3 is 9.47 Å². The maximum absolute atomic E-state index is 13.0. The topological polar surface area (TPSA) is 86.2 Å². The predicted octanol–water partition coefficient (Wildman–Crippen LogP) is 4.04. The number of nitrogens with zero attached hydrogens (tertiary/aromatic N) is 5. The number of carbonyl (C=O) groups excluding carboxylic acids is 1. The lowest BCUT2D eigenvalue weighted by Crippen LogP contribution is -2.26. The van der Waals surface area contributed by atoms with E-state index in [1.54, 1.807) is 11.0 Å². The molecular formula is C23H19N5O3. The molecule has 3 heterocycles. The maximum atomic E-state index is 13.0. The number of rotatable bonds is 4. The second-order valence-electron chi connectivity index (χ2n) is 7.56. The van der Waals surface area contributed by atoms with Crippen molar-refractivity contribution in [2.75, 3.05) is 0 Å². The van der Waals surface area contributed by atoms with Gasteiger partial charge >= 0.3 is 0 Å². The molecule has 154 valence electrons. The molecule has 0 bridgehead atoms. The Bertz CT molecular complexity index is 1290. The zero-order valence-electron chi connectivity index (χ0n) is 16.8. The Hall–Kier alpha value is -4.20. The highest BCUT2D eigenvalue weighted by Gasteiger charge is 2.32. The minimum atomic E-state index is -0.494. The van der Waals surface area contributed by atoms with Crippen LogP contribution in [0.15, 0.2) is 73.1 Å². The van der Waals surface area contributed by atoms with E-state index in [-0.39, 0.29) is 11.6 Å². The van der Waals surface area contributed by atoms with E-state index < -0.39 is 4.92 Å². The van der Waals surface area contributed by atoms with Crippen LogP contribution in [0.5, 0.6) is 0 Å². The van der Waals surface area contributed by atoms with Gasteiger partial charge in [-0.1, -0.05) is 23.8 Å². The van der Waals surface area contributed by atoms with E-state index >= 15 is 0 Å². The lowest BCUT2D eigenvalue weighted by molar-refractivity contribution is -0.384. The van der Waals surface area contributed by atoms with Gasteiger partial charge in [-0.25, -0.2) is 4.68 Å². The van der Waals surface area contributed by atoms with Crippen LogP contribution in [0.2, 0.25) is 0 Å². The second kappa shape index (κ2) is 7.24. The Morgan fingerprint density at radius 2 is 1.77 bits per heavy atom. The summed E-state index contributed by atoms with van der Waals surface area (Å²) in [6.45, 7) is 2.78. The van der Waals surface area contributed by atoms with Crippen LogP contribution in [-0.2, 0) is 13.1 Å². The summed E-state index contributed by atoms with van der Waals surface area (Å²) < 4.78 is 3.90. The summed E-state index contributed by atoms with van der Waals surface area (Å²) in [5.74, 6) is 0.639. The van der Waals surface area contributed by atoms with Crippen molar-refractivity contribution in [3.8, 4) is 11.5 Å². The summed E-state index contributed by atoms with van der Waals surface area (Å²) >= 11 is 0. The molecule has 1 aliphatic heterocycles. The largest absolute Gasteiger partial charge is 0.328 e. The highest BCUT2D eigenvalue weighted by Crippen LogP contribution is 2.31. The third-order valence-corrected chi connectivity index (χ3v) is 5.45. The number of nitro benzene ring substituents is 1. The fourth-order valence-corrected chi connectivity index (χ4v) is 3.89. The van der Waals surface area contributed by atoms with Crippen molar-refractivity contribution in [3.63, 3.8) is 0 Å². The molecule has 2 aromatic carbocycles. The molecule has 0 spiro atoms. The summed E-state index contributed by atoms with van der Waals surface area (Å²) in [6, 6.07) is 17.9. The minimum Gasteiger partial charge on any atom is -0.328 e. The van der Waals surface area contributed by atoms with E-state index in [1.165, 1.54) is 23.8 Å². The van der Waals surface area contributed by atoms with E-state index in [1.807, 2.05) is 65.0 Å². The molecule has 0 radical (unpaired) electrons. The highest BCUT2D eigenvalue weighted by atomic mass is 16.6. The summed E-state index contributed by atoms with van der Waals surface area (Å²) in [4.78, 5) is 25.3. The number of aromatic nitrogens is 3. The average Bonchev–Trinajstić information content (AvgIpc) is 3.50. The fraction of sp³-hybridized carbons (Fsp3) is 0.130. The molecule has 31 heavy (non-hydrogen) atoms. The first-order chi connectivity index (χ1) is 15.0. The van der Waals surface area contributed by atoms with Gasteiger partial charge in [0.15, 0.2) is 0 Å². The Balaban J connectivity index is 1.51. The van der Waals surface area contributed by atoms with Crippen molar-refractivity contribution in [2.45, 2.75) is 20.0 Å².